The van der Waals surface area contributed by atoms with E-state index < -0.39 is 6.10 Å². The molecule has 0 radical (unpaired) electrons. The number of carbonyl (C=O) groups is 1. The summed E-state index contributed by atoms with van der Waals surface area (Å²) in [6.45, 7) is 2.14. The van der Waals surface area contributed by atoms with E-state index in [2.05, 4.69) is 10.6 Å². The molecule has 2 aliphatic heterocycles. The number of thiophene rings is 1. The Morgan fingerprint density at radius 1 is 1.45 bits per heavy atom. The maximum absolute atomic E-state index is 11.8. The first kappa shape index (κ1) is 14.0. The molecule has 1 aromatic heterocycles. The van der Waals surface area contributed by atoms with Crippen molar-refractivity contribution in [2.45, 2.75) is 24.3 Å². The Morgan fingerprint density at radius 2 is 2.30 bits per heavy atom. The van der Waals surface area contributed by atoms with Crippen LogP contribution in [0.4, 0.5) is 0 Å². The van der Waals surface area contributed by atoms with Crippen molar-refractivity contribution in [1.29, 1.82) is 0 Å². The third-order valence-electron chi connectivity index (χ3n) is 3.58. The van der Waals surface area contributed by atoms with Crippen molar-refractivity contribution in [3.8, 4) is 0 Å². The number of rotatable bonds is 5. The summed E-state index contributed by atoms with van der Waals surface area (Å²) in [5.41, 5.74) is 0. The van der Waals surface area contributed by atoms with Crippen LogP contribution in [-0.4, -0.2) is 61.7 Å². The van der Waals surface area contributed by atoms with Crippen molar-refractivity contribution in [2.24, 2.45) is 0 Å². The first-order valence-corrected chi connectivity index (χ1v) is 7.57. The fourth-order valence-corrected chi connectivity index (χ4v) is 2.97. The summed E-state index contributed by atoms with van der Waals surface area (Å²) in [6.07, 6.45) is -0.975. The molecule has 2 aliphatic rings. The largest absolute Gasteiger partial charge is 0.389 e. The van der Waals surface area contributed by atoms with Crippen LogP contribution < -0.4 is 10.6 Å². The summed E-state index contributed by atoms with van der Waals surface area (Å²) < 4.78 is 10.6. The smallest absolute Gasteiger partial charge is 0.261 e. The van der Waals surface area contributed by atoms with Gasteiger partial charge in [0, 0.05) is 6.54 Å². The summed E-state index contributed by atoms with van der Waals surface area (Å²) in [6, 6.07) is 3.82. The molecule has 3 N–H and O–H groups in total. The summed E-state index contributed by atoms with van der Waals surface area (Å²) >= 11 is 1.39. The molecule has 6 nitrogen and oxygen atoms in total. The lowest BCUT2D eigenvalue weighted by Crippen LogP contribution is -2.54. The second-order valence-corrected chi connectivity index (χ2v) is 6.00. The lowest BCUT2D eigenvalue weighted by atomic mass is 10.1. The zero-order valence-corrected chi connectivity index (χ0v) is 11.8. The molecule has 2 saturated heterocycles. The van der Waals surface area contributed by atoms with Gasteiger partial charge in [-0.2, -0.15) is 0 Å². The number of hydrogen-bond acceptors (Lipinski definition) is 6. The Balaban J connectivity index is 1.45. The van der Waals surface area contributed by atoms with Crippen LogP contribution in [0.25, 0.3) is 0 Å². The minimum atomic E-state index is -0.612. The Morgan fingerprint density at radius 3 is 2.95 bits per heavy atom. The van der Waals surface area contributed by atoms with E-state index in [4.69, 9.17) is 9.47 Å². The molecule has 3 heterocycles. The van der Waals surface area contributed by atoms with Crippen molar-refractivity contribution < 1.29 is 19.4 Å². The van der Waals surface area contributed by atoms with Gasteiger partial charge in [0.1, 0.15) is 6.10 Å². The minimum Gasteiger partial charge on any atom is -0.389 e. The first-order valence-electron chi connectivity index (χ1n) is 6.69. The number of aliphatic hydroxyl groups excluding tert-OH is 1. The Hall–Kier alpha value is -0.990. The third-order valence-corrected chi connectivity index (χ3v) is 4.45. The molecular formula is C13H18N2O4S. The predicted octanol–water partition coefficient (Wildman–Crippen LogP) is -0.405. The molecule has 0 aliphatic carbocycles. The predicted molar refractivity (Wildman–Crippen MR) is 73.9 cm³/mol. The van der Waals surface area contributed by atoms with Gasteiger partial charge in [0.05, 0.1) is 42.9 Å². The summed E-state index contributed by atoms with van der Waals surface area (Å²) in [5, 5.41) is 18.1. The highest BCUT2D eigenvalue weighted by atomic mass is 32.1. The number of ether oxygens (including phenoxy) is 2. The quantitative estimate of drug-likeness (QED) is 0.689. The first-order chi connectivity index (χ1) is 9.74. The van der Waals surface area contributed by atoms with Gasteiger partial charge in [0.2, 0.25) is 0 Å². The van der Waals surface area contributed by atoms with Crippen molar-refractivity contribution >= 4 is 17.2 Å². The molecule has 1 amide bonds. The summed E-state index contributed by atoms with van der Waals surface area (Å²) in [7, 11) is 0. The summed E-state index contributed by atoms with van der Waals surface area (Å²) in [5.74, 6) is -0.125. The number of amides is 1. The van der Waals surface area contributed by atoms with E-state index in [-0.39, 0.29) is 18.1 Å². The fourth-order valence-electron chi connectivity index (χ4n) is 2.33. The van der Waals surface area contributed by atoms with Gasteiger partial charge in [0.25, 0.3) is 5.91 Å². The molecule has 1 aromatic rings. The highest BCUT2D eigenvalue weighted by Gasteiger charge is 2.38. The van der Waals surface area contributed by atoms with Gasteiger partial charge in [-0.25, -0.2) is 0 Å². The van der Waals surface area contributed by atoms with E-state index in [1.165, 1.54) is 11.3 Å². The van der Waals surface area contributed by atoms with Crippen molar-refractivity contribution in [3.05, 3.63) is 22.4 Å². The zero-order chi connectivity index (χ0) is 13.9. The van der Waals surface area contributed by atoms with Crippen molar-refractivity contribution in [3.63, 3.8) is 0 Å². The standard InChI is InChI=1S/C13H18N2O4S/c16-12-9(15-8-5-18-6-8)7-19-10(12)4-14-13(17)11-2-1-3-20-11/h1-3,8-10,12,15-16H,4-7H2,(H,14,17)/t9-,10-,12+/m1/s1. The van der Waals surface area contributed by atoms with Gasteiger partial charge in [0.15, 0.2) is 0 Å². The van der Waals surface area contributed by atoms with Gasteiger partial charge < -0.3 is 25.2 Å². The molecule has 0 unspecified atom stereocenters. The van der Waals surface area contributed by atoms with Crippen LogP contribution in [-0.2, 0) is 9.47 Å². The molecule has 0 saturated carbocycles. The number of aliphatic hydroxyl groups is 1. The van der Waals surface area contributed by atoms with Crippen molar-refractivity contribution in [2.75, 3.05) is 26.4 Å². The van der Waals surface area contributed by atoms with E-state index in [1.807, 2.05) is 11.4 Å². The van der Waals surface area contributed by atoms with Crippen LogP contribution in [0.3, 0.4) is 0 Å². The van der Waals surface area contributed by atoms with Gasteiger partial charge in [-0.15, -0.1) is 11.3 Å². The van der Waals surface area contributed by atoms with Crippen LogP contribution in [0, 0.1) is 0 Å². The second kappa shape index (κ2) is 6.19. The maximum Gasteiger partial charge on any atom is 0.261 e. The molecule has 3 atom stereocenters. The lowest BCUT2D eigenvalue weighted by Gasteiger charge is -2.30. The summed E-state index contributed by atoms with van der Waals surface area (Å²) in [4.78, 5) is 12.5. The van der Waals surface area contributed by atoms with Crippen molar-refractivity contribution in [1.82, 2.24) is 10.6 Å². The van der Waals surface area contributed by atoms with E-state index >= 15 is 0 Å². The van der Waals surface area contributed by atoms with Gasteiger partial charge >= 0.3 is 0 Å². The molecule has 0 spiro atoms. The van der Waals surface area contributed by atoms with E-state index in [0.29, 0.717) is 37.3 Å². The number of carbonyl (C=O) groups excluding carboxylic acids is 1. The van der Waals surface area contributed by atoms with Crippen LogP contribution >= 0.6 is 11.3 Å². The SMILES string of the molecule is O=C(NC[C@H]1OC[C@@H](NC2COC2)[C@@H]1O)c1cccs1. The Labute approximate surface area is 121 Å². The monoisotopic (exact) mass is 298 g/mol. The lowest BCUT2D eigenvalue weighted by molar-refractivity contribution is -0.0165. The van der Waals surface area contributed by atoms with Gasteiger partial charge in [-0.3, -0.25) is 4.79 Å². The molecule has 20 heavy (non-hydrogen) atoms. The van der Waals surface area contributed by atoms with Gasteiger partial charge in [-0.05, 0) is 11.4 Å². The Bertz CT molecular complexity index is 449. The van der Waals surface area contributed by atoms with E-state index in [1.54, 1.807) is 6.07 Å². The van der Waals surface area contributed by atoms with Crippen LogP contribution in [0.2, 0.25) is 0 Å². The zero-order valence-electron chi connectivity index (χ0n) is 11.0. The molecule has 0 aromatic carbocycles. The van der Waals surface area contributed by atoms with Crippen LogP contribution in [0.1, 0.15) is 9.67 Å². The molecule has 3 rings (SSSR count). The average molecular weight is 298 g/mol. The number of hydrogen-bond donors (Lipinski definition) is 3. The molecule has 110 valence electrons. The molecule has 0 bridgehead atoms. The van der Waals surface area contributed by atoms with Crippen LogP contribution in [0.15, 0.2) is 17.5 Å². The van der Waals surface area contributed by atoms with E-state index in [0.717, 1.165) is 0 Å². The maximum atomic E-state index is 11.8. The third kappa shape index (κ3) is 3.02. The highest BCUT2D eigenvalue weighted by molar-refractivity contribution is 7.12. The number of nitrogens with one attached hydrogen (secondary N) is 2. The van der Waals surface area contributed by atoms with E-state index in [9.17, 15) is 9.90 Å². The van der Waals surface area contributed by atoms with Gasteiger partial charge in [-0.1, -0.05) is 6.07 Å². The minimum absolute atomic E-state index is 0.0902. The fraction of sp³-hybridized carbons (Fsp3) is 0.615. The Kier molecular flexibility index (Phi) is 4.32. The second-order valence-electron chi connectivity index (χ2n) is 5.06. The van der Waals surface area contributed by atoms with Crippen LogP contribution in [0.5, 0.6) is 0 Å². The average Bonchev–Trinajstić information content (AvgIpc) is 3.02. The highest BCUT2D eigenvalue weighted by Crippen LogP contribution is 2.16. The molecular weight excluding hydrogens is 280 g/mol. The topological polar surface area (TPSA) is 79.8 Å². The molecule has 2 fully saturated rings. The normalized spacial score (nSPS) is 30.1. The molecule has 7 heteroatoms.